The fourth-order valence-corrected chi connectivity index (χ4v) is 3.64. The first kappa shape index (κ1) is 25.5. The van der Waals surface area contributed by atoms with Gasteiger partial charge in [0.25, 0.3) is 0 Å². The Morgan fingerprint density at radius 1 is 0.903 bits per heavy atom. The SMILES string of the molecule is CCCCN(CCCC)CCCNCc1cccc(OC)c1OCc1ccc(Cl)cc1. The second kappa shape index (κ2) is 15.1. The molecule has 1 N–H and O–H groups in total. The number of para-hydroxylation sites is 1. The quantitative estimate of drug-likeness (QED) is 0.306. The molecule has 0 radical (unpaired) electrons. The van der Waals surface area contributed by atoms with Crippen molar-refractivity contribution in [3.63, 3.8) is 0 Å². The molecule has 172 valence electrons. The Morgan fingerprint density at radius 2 is 1.58 bits per heavy atom. The number of hydrogen-bond donors (Lipinski definition) is 1. The first-order valence-corrected chi connectivity index (χ1v) is 12.0. The van der Waals surface area contributed by atoms with Crippen molar-refractivity contribution < 1.29 is 9.47 Å². The highest BCUT2D eigenvalue weighted by Gasteiger charge is 2.11. The lowest BCUT2D eigenvalue weighted by Crippen LogP contribution is -2.29. The second-order valence-corrected chi connectivity index (χ2v) is 8.38. The molecular weight excluding hydrogens is 408 g/mol. The number of halogens is 1. The zero-order chi connectivity index (χ0) is 22.3. The van der Waals surface area contributed by atoms with E-state index in [4.69, 9.17) is 21.1 Å². The molecule has 2 rings (SSSR count). The fourth-order valence-electron chi connectivity index (χ4n) is 3.51. The van der Waals surface area contributed by atoms with Crippen molar-refractivity contribution >= 4 is 11.6 Å². The average Bonchev–Trinajstić information content (AvgIpc) is 2.79. The molecule has 0 amide bonds. The van der Waals surface area contributed by atoms with E-state index in [0.717, 1.165) is 53.7 Å². The molecule has 0 fully saturated rings. The van der Waals surface area contributed by atoms with Gasteiger partial charge < -0.3 is 19.7 Å². The van der Waals surface area contributed by atoms with Crippen molar-refractivity contribution in [3.05, 3.63) is 58.6 Å². The number of ether oxygens (including phenoxy) is 2. The molecule has 0 spiro atoms. The van der Waals surface area contributed by atoms with Crippen LogP contribution in [-0.2, 0) is 13.2 Å². The maximum Gasteiger partial charge on any atom is 0.166 e. The summed E-state index contributed by atoms with van der Waals surface area (Å²) >= 11 is 5.98. The van der Waals surface area contributed by atoms with E-state index in [1.54, 1.807) is 7.11 Å². The topological polar surface area (TPSA) is 33.7 Å². The van der Waals surface area contributed by atoms with Crippen molar-refractivity contribution in [2.24, 2.45) is 0 Å². The van der Waals surface area contributed by atoms with E-state index in [-0.39, 0.29) is 0 Å². The van der Waals surface area contributed by atoms with Crippen LogP contribution in [0.4, 0.5) is 0 Å². The van der Waals surface area contributed by atoms with Crippen LogP contribution in [-0.4, -0.2) is 38.2 Å². The van der Waals surface area contributed by atoms with Gasteiger partial charge in [-0.3, -0.25) is 0 Å². The lowest BCUT2D eigenvalue weighted by molar-refractivity contribution is 0.260. The molecular formula is C26H39ClN2O2. The molecule has 0 aliphatic heterocycles. The minimum absolute atomic E-state index is 0.481. The lowest BCUT2D eigenvalue weighted by Gasteiger charge is -2.22. The van der Waals surface area contributed by atoms with Gasteiger partial charge >= 0.3 is 0 Å². The summed E-state index contributed by atoms with van der Waals surface area (Å²) in [4.78, 5) is 2.61. The summed E-state index contributed by atoms with van der Waals surface area (Å²) < 4.78 is 11.7. The van der Waals surface area contributed by atoms with Crippen molar-refractivity contribution in [2.75, 3.05) is 33.3 Å². The third-order valence-corrected chi connectivity index (χ3v) is 5.63. The van der Waals surface area contributed by atoms with Crippen LogP contribution in [0.25, 0.3) is 0 Å². The van der Waals surface area contributed by atoms with Crippen molar-refractivity contribution in [1.82, 2.24) is 10.2 Å². The molecule has 0 saturated heterocycles. The Morgan fingerprint density at radius 3 is 2.23 bits per heavy atom. The molecule has 5 heteroatoms. The fraction of sp³-hybridized carbons (Fsp3) is 0.538. The summed E-state index contributed by atoms with van der Waals surface area (Å²) in [5.74, 6) is 1.57. The van der Waals surface area contributed by atoms with E-state index >= 15 is 0 Å². The van der Waals surface area contributed by atoms with E-state index < -0.39 is 0 Å². The van der Waals surface area contributed by atoms with Gasteiger partial charge in [-0.05, 0) is 69.2 Å². The van der Waals surface area contributed by atoms with E-state index in [2.05, 4.69) is 30.1 Å². The smallest absolute Gasteiger partial charge is 0.166 e. The van der Waals surface area contributed by atoms with Crippen LogP contribution in [0.2, 0.25) is 5.02 Å². The number of rotatable bonds is 16. The third kappa shape index (κ3) is 9.51. The minimum Gasteiger partial charge on any atom is -0.493 e. The molecule has 0 saturated carbocycles. The molecule has 0 atom stereocenters. The maximum absolute atomic E-state index is 6.15. The zero-order valence-electron chi connectivity index (χ0n) is 19.5. The van der Waals surface area contributed by atoms with Crippen molar-refractivity contribution in [1.29, 1.82) is 0 Å². The second-order valence-electron chi connectivity index (χ2n) is 7.94. The lowest BCUT2D eigenvalue weighted by atomic mass is 10.1. The van der Waals surface area contributed by atoms with Gasteiger partial charge in [0, 0.05) is 17.1 Å². The molecule has 0 aliphatic carbocycles. The van der Waals surface area contributed by atoms with Gasteiger partial charge in [-0.15, -0.1) is 0 Å². The number of hydrogen-bond acceptors (Lipinski definition) is 4. The average molecular weight is 447 g/mol. The Labute approximate surface area is 193 Å². The first-order valence-electron chi connectivity index (χ1n) is 11.6. The number of nitrogens with zero attached hydrogens (tertiary/aromatic N) is 1. The van der Waals surface area contributed by atoms with Crippen LogP contribution in [0.1, 0.15) is 57.1 Å². The van der Waals surface area contributed by atoms with Gasteiger partial charge in [-0.25, -0.2) is 0 Å². The third-order valence-electron chi connectivity index (χ3n) is 5.38. The zero-order valence-corrected chi connectivity index (χ0v) is 20.2. The number of methoxy groups -OCH3 is 1. The summed E-state index contributed by atoms with van der Waals surface area (Å²) in [5.41, 5.74) is 2.19. The van der Waals surface area contributed by atoms with Crippen LogP contribution in [0, 0.1) is 0 Å². The highest BCUT2D eigenvalue weighted by molar-refractivity contribution is 6.30. The van der Waals surface area contributed by atoms with Gasteiger partial charge in [0.2, 0.25) is 0 Å². The van der Waals surface area contributed by atoms with E-state index in [0.29, 0.717) is 6.61 Å². The summed E-state index contributed by atoms with van der Waals surface area (Å²) in [6, 6.07) is 13.8. The predicted octanol–water partition coefficient (Wildman–Crippen LogP) is 6.31. The van der Waals surface area contributed by atoms with E-state index in [1.807, 2.05) is 36.4 Å². The maximum atomic E-state index is 6.15. The van der Waals surface area contributed by atoms with Gasteiger partial charge in [-0.2, -0.15) is 0 Å². The van der Waals surface area contributed by atoms with Gasteiger partial charge in [0.1, 0.15) is 6.61 Å². The molecule has 2 aromatic carbocycles. The molecule has 0 heterocycles. The summed E-state index contributed by atoms with van der Waals surface area (Å²) in [6.07, 6.45) is 6.24. The summed E-state index contributed by atoms with van der Waals surface area (Å²) in [7, 11) is 1.68. The highest BCUT2D eigenvalue weighted by atomic mass is 35.5. The number of benzene rings is 2. The Hall–Kier alpha value is -1.75. The standard InChI is InChI=1S/C26H39ClN2O2/c1-4-6-17-29(18-7-5-2)19-9-16-28-20-23-10-8-11-25(30-3)26(23)31-21-22-12-14-24(27)15-13-22/h8,10-15,28H,4-7,9,16-21H2,1-3H3. The summed E-state index contributed by atoms with van der Waals surface area (Å²) in [5, 5.41) is 4.32. The molecule has 0 aromatic heterocycles. The minimum atomic E-state index is 0.481. The number of unbranched alkanes of at least 4 members (excludes halogenated alkanes) is 2. The van der Waals surface area contributed by atoms with Crippen LogP contribution in [0.5, 0.6) is 11.5 Å². The van der Waals surface area contributed by atoms with E-state index in [9.17, 15) is 0 Å². The van der Waals surface area contributed by atoms with Crippen LogP contribution >= 0.6 is 11.6 Å². The van der Waals surface area contributed by atoms with Gasteiger partial charge in [-0.1, -0.05) is 62.6 Å². The molecule has 0 unspecified atom stereocenters. The van der Waals surface area contributed by atoms with Gasteiger partial charge in [0.15, 0.2) is 11.5 Å². The Bertz CT molecular complexity index is 729. The molecule has 0 aliphatic rings. The first-order chi connectivity index (χ1) is 15.2. The Kier molecular flexibility index (Phi) is 12.4. The number of nitrogens with one attached hydrogen (secondary N) is 1. The van der Waals surface area contributed by atoms with Crippen molar-refractivity contribution in [3.8, 4) is 11.5 Å². The Balaban J connectivity index is 1.85. The van der Waals surface area contributed by atoms with Crippen LogP contribution in [0.3, 0.4) is 0 Å². The van der Waals surface area contributed by atoms with E-state index in [1.165, 1.54) is 38.8 Å². The molecule has 2 aromatic rings. The summed E-state index contributed by atoms with van der Waals surface area (Å²) in [6.45, 7) is 10.4. The van der Waals surface area contributed by atoms with Gasteiger partial charge in [0.05, 0.1) is 7.11 Å². The highest BCUT2D eigenvalue weighted by Crippen LogP contribution is 2.32. The van der Waals surface area contributed by atoms with Crippen molar-refractivity contribution in [2.45, 2.75) is 59.1 Å². The normalized spacial score (nSPS) is 11.1. The van der Waals surface area contributed by atoms with Crippen LogP contribution < -0.4 is 14.8 Å². The molecule has 31 heavy (non-hydrogen) atoms. The monoisotopic (exact) mass is 446 g/mol. The molecule has 4 nitrogen and oxygen atoms in total. The van der Waals surface area contributed by atoms with Crippen LogP contribution in [0.15, 0.2) is 42.5 Å². The molecule has 0 bridgehead atoms. The predicted molar refractivity (Wildman–Crippen MR) is 131 cm³/mol. The largest absolute Gasteiger partial charge is 0.493 e.